The van der Waals surface area contributed by atoms with Gasteiger partial charge in [0.25, 0.3) is 5.91 Å². The Morgan fingerprint density at radius 1 is 1.00 bits per heavy atom. The Bertz CT molecular complexity index is 973. The number of carbonyl (C=O) groups is 1. The van der Waals surface area contributed by atoms with Crippen LogP contribution in [0.1, 0.15) is 21.5 Å². The van der Waals surface area contributed by atoms with Gasteiger partial charge in [-0.05, 0) is 54.4 Å². The number of nitrogens with zero attached hydrogens (tertiary/aromatic N) is 1. The van der Waals surface area contributed by atoms with Crippen LogP contribution in [-0.4, -0.2) is 25.1 Å². The van der Waals surface area contributed by atoms with Crippen LogP contribution in [0.3, 0.4) is 0 Å². The van der Waals surface area contributed by atoms with Gasteiger partial charge in [-0.3, -0.25) is 4.79 Å². The summed E-state index contributed by atoms with van der Waals surface area (Å²) >= 11 is 0. The minimum atomic E-state index is -0.176. The Balaban J connectivity index is 1.66. The van der Waals surface area contributed by atoms with Crippen molar-refractivity contribution in [2.24, 2.45) is 0 Å². The molecule has 1 amide bonds. The van der Waals surface area contributed by atoms with Crippen LogP contribution in [0.25, 0.3) is 0 Å². The topological polar surface area (TPSA) is 72.5 Å². The predicted octanol–water partition coefficient (Wildman–Crippen LogP) is 4.08. The van der Waals surface area contributed by atoms with E-state index in [-0.39, 0.29) is 5.91 Å². The molecule has 3 aromatic rings. The molecule has 0 unspecified atom stereocenters. The van der Waals surface area contributed by atoms with Gasteiger partial charge in [-0.2, -0.15) is 0 Å². The van der Waals surface area contributed by atoms with Crippen LogP contribution in [0.15, 0.2) is 60.8 Å². The van der Waals surface area contributed by atoms with Crippen molar-refractivity contribution in [2.45, 2.75) is 13.5 Å². The number of hydrogen-bond acceptors (Lipinski definition) is 5. The van der Waals surface area contributed by atoms with Crippen LogP contribution in [0, 0.1) is 6.92 Å². The third-order valence-corrected chi connectivity index (χ3v) is 4.21. The second-order valence-corrected chi connectivity index (χ2v) is 6.30. The number of aryl methyl sites for hydroxylation is 1. The number of anilines is 2. The van der Waals surface area contributed by atoms with Gasteiger partial charge in [-0.15, -0.1) is 0 Å². The second-order valence-electron chi connectivity index (χ2n) is 6.30. The molecule has 6 heteroatoms. The largest absolute Gasteiger partial charge is 0.493 e. The monoisotopic (exact) mass is 377 g/mol. The third-order valence-electron chi connectivity index (χ3n) is 4.21. The first kappa shape index (κ1) is 19.2. The van der Waals surface area contributed by atoms with Gasteiger partial charge in [0.15, 0.2) is 11.5 Å². The maximum Gasteiger partial charge on any atom is 0.251 e. The summed E-state index contributed by atoms with van der Waals surface area (Å²) in [6, 6.07) is 16.9. The Labute approximate surface area is 164 Å². The van der Waals surface area contributed by atoms with Gasteiger partial charge in [0.05, 0.1) is 14.2 Å². The molecule has 1 aromatic heterocycles. The molecule has 0 radical (unpaired) electrons. The van der Waals surface area contributed by atoms with Crippen LogP contribution >= 0.6 is 0 Å². The number of ether oxygens (including phenoxy) is 2. The van der Waals surface area contributed by atoms with Gasteiger partial charge in [-0.25, -0.2) is 4.98 Å². The van der Waals surface area contributed by atoms with Gasteiger partial charge in [0.1, 0.15) is 5.82 Å². The fourth-order valence-corrected chi connectivity index (χ4v) is 2.79. The van der Waals surface area contributed by atoms with Crippen molar-refractivity contribution in [2.75, 3.05) is 19.5 Å². The normalized spacial score (nSPS) is 10.2. The van der Waals surface area contributed by atoms with Crippen LogP contribution < -0.4 is 20.1 Å². The van der Waals surface area contributed by atoms with Crippen molar-refractivity contribution in [1.82, 2.24) is 10.3 Å². The molecule has 2 aromatic carbocycles. The van der Waals surface area contributed by atoms with Crippen molar-refractivity contribution in [1.29, 1.82) is 0 Å². The highest BCUT2D eigenvalue weighted by molar-refractivity contribution is 5.94. The van der Waals surface area contributed by atoms with E-state index in [0.29, 0.717) is 29.4 Å². The Kier molecular flexibility index (Phi) is 6.11. The molecule has 0 bridgehead atoms. The molecule has 144 valence electrons. The molecule has 0 saturated carbocycles. The quantitative estimate of drug-likeness (QED) is 0.649. The third kappa shape index (κ3) is 4.79. The average Bonchev–Trinajstić information content (AvgIpc) is 2.72. The molecule has 2 N–H and O–H groups in total. The molecule has 0 saturated heterocycles. The van der Waals surface area contributed by atoms with Crippen LogP contribution in [0.2, 0.25) is 0 Å². The van der Waals surface area contributed by atoms with Gasteiger partial charge >= 0.3 is 0 Å². The van der Waals surface area contributed by atoms with Crippen LogP contribution in [0.5, 0.6) is 11.5 Å². The average molecular weight is 377 g/mol. The van der Waals surface area contributed by atoms with Gasteiger partial charge in [-0.1, -0.05) is 18.2 Å². The molecule has 6 nitrogen and oxygen atoms in total. The van der Waals surface area contributed by atoms with E-state index in [1.165, 1.54) is 0 Å². The Morgan fingerprint density at radius 2 is 1.82 bits per heavy atom. The predicted molar refractivity (Wildman–Crippen MR) is 109 cm³/mol. The number of benzene rings is 2. The Hall–Kier alpha value is -3.54. The van der Waals surface area contributed by atoms with Crippen molar-refractivity contribution in [3.05, 3.63) is 77.5 Å². The summed E-state index contributed by atoms with van der Waals surface area (Å²) in [7, 11) is 3.17. The van der Waals surface area contributed by atoms with E-state index in [0.717, 1.165) is 16.8 Å². The minimum Gasteiger partial charge on any atom is -0.493 e. The lowest BCUT2D eigenvalue weighted by atomic mass is 10.2. The molecule has 28 heavy (non-hydrogen) atoms. The summed E-state index contributed by atoms with van der Waals surface area (Å²) in [5.41, 5.74) is 3.52. The number of hydrogen-bond donors (Lipinski definition) is 2. The first-order valence-electron chi connectivity index (χ1n) is 8.88. The number of amides is 1. The molecule has 1 heterocycles. The fraction of sp³-hybridized carbons (Fsp3) is 0.182. The van der Waals surface area contributed by atoms with Crippen molar-refractivity contribution >= 4 is 17.4 Å². The van der Waals surface area contributed by atoms with E-state index < -0.39 is 0 Å². The first-order chi connectivity index (χ1) is 13.6. The SMILES string of the molecule is COc1ccc(CNC(=O)c2ccnc(Nc3cccc(C)c3)c2)cc1OC. The highest BCUT2D eigenvalue weighted by atomic mass is 16.5. The van der Waals surface area contributed by atoms with E-state index in [2.05, 4.69) is 15.6 Å². The highest BCUT2D eigenvalue weighted by Gasteiger charge is 2.09. The summed E-state index contributed by atoms with van der Waals surface area (Å²) in [5.74, 6) is 1.72. The molecule has 3 rings (SSSR count). The molecule has 0 spiro atoms. The van der Waals surface area contributed by atoms with E-state index in [1.807, 2.05) is 49.4 Å². The maximum absolute atomic E-state index is 12.5. The van der Waals surface area contributed by atoms with E-state index >= 15 is 0 Å². The number of aromatic nitrogens is 1. The van der Waals surface area contributed by atoms with Crippen LogP contribution in [0.4, 0.5) is 11.5 Å². The van der Waals surface area contributed by atoms with Crippen LogP contribution in [-0.2, 0) is 6.54 Å². The van der Waals surface area contributed by atoms with Gasteiger partial charge in [0.2, 0.25) is 0 Å². The summed E-state index contributed by atoms with van der Waals surface area (Å²) in [6.07, 6.45) is 1.61. The smallest absolute Gasteiger partial charge is 0.251 e. The number of nitrogens with one attached hydrogen (secondary N) is 2. The number of pyridine rings is 1. The minimum absolute atomic E-state index is 0.176. The van der Waals surface area contributed by atoms with Crippen molar-refractivity contribution < 1.29 is 14.3 Å². The van der Waals surface area contributed by atoms with E-state index in [1.54, 1.807) is 32.5 Å². The summed E-state index contributed by atoms with van der Waals surface area (Å²) < 4.78 is 10.5. The second kappa shape index (κ2) is 8.90. The number of methoxy groups -OCH3 is 2. The first-order valence-corrected chi connectivity index (χ1v) is 8.88. The fourth-order valence-electron chi connectivity index (χ4n) is 2.79. The molecule has 0 aliphatic rings. The lowest BCUT2D eigenvalue weighted by molar-refractivity contribution is 0.0951. The Morgan fingerprint density at radius 3 is 2.57 bits per heavy atom. The summed E-state index contributed by atoms with van der Waals surface area (Å²) in [5, 5.41) is 6.13. The highest BCUT2D eigenvalue weighted by Crippen LogP contribution is 2.27. The molecule has 0 fully saturated rings. The molecular weight excluding hydrogens is 354 g/mol. The number of carbonyl (C=O) groups excluding carboxylic acids is 1. The maximum atomic E-state index is 12.5. The molecule has 0 aliphatic carbocycles. The van der Waals surface area contributed by atoms with Gasteiger partial charge < -0.3 is 20.1 Å². The van der Waals surface area contributed by atoms with Crippen molar-refractivity contribution in [3.63, 3.8) is 0 Å². The van der Waals surface area contributed by atoms with Crippen molar-refractivity contribution in [3.8, 4) is 11.5 Å². The number of rotatable bonds is 7. The van der Waals surface area contributed by atoms with E-state index in [4.69, 9.17) is 9.47 Å². The van der Waals surface area contributed by atoms with Gasteiger partial charge in [0, 0.05) is 24.0 Å². The van der Waals surface area contributed by atoms with E-state index in [9.17, 15) is 4.79 Å². The summed E-state index contributed by atoms with van der Waals surface area (Å²) in [6.45, 7) is 2.40. The lowest BCUT2D eigenvalue weighted by Crippen LogP contribution is -2.23. The standard InChI is InChI=1S/C22H23N3O3/c1-15-5-4-6-18(11-15)25-21-13-17(9-10-23-21)22(26)24-14-16-7-8-19(27-2)20(12-16)28-3/h4-13H,14H2,1-3H3,(H,23,25)(H,24,26). The zero-order chi connectivity index (χ0) is 19.9. The lowest BCUT2D eigenvalue weighted by Gasteiger charge is -2.11. The summed E-state index contributed by atoms with van der Waals surface area (Å²) in [4.78, 5) is 16.8. The molecule has 0 atom stereocenters. The molecular formula is C22H23N3O3. The zero-order valence-electron chi connectivity index (χ0n) is 16.2. The zero-order valence-corrected chi connectivity index (χ0v) is 16.2. The molecule has 0 aliphatic heterocycles.